The minimum atomic E-state index is -0.379. The van der Waals surface area contributed by atoms with E-state index in [-0.39, 0.29) is 22.2 Å². The number of carbonyl (C=O) groups is 1. The largest absolute Gasteiger partial charge is 0.369 e. The molecule has 1 amide bonds. The number of hydrogen-bond acceptors (Lipinski definition) is 1. The normalized spacial score (nSPS) is 40.2. The fourth-order valence-electron chi connectivity index (χ4n) is 5.23. The number of carbonyl (C=O) groups excluding carboxylic acids is 1. The van der Waals surface area contributed by atoms with Gasteiger partial charge < -0.3 is 5.73 Å². The quantitative estimate of drug-likeness (QED) is 0.870. The van der Waals surface area contributed by atoms with Gasteiger partial charge in [-0.05, 0) is 53.9 Å². The lowest BCUT2D eigenvalue weighted by Crippen LogP contribution is -2.56. The van der Waals surface area contributed by atoms with Crippen molar-refractivity contribution < 1.29 is 4.79 Å². The molecule has 2 N–H and O–H groups in total. The van der Waals surface area contributed by atoms with E-state index < -0.39 is 0 Å². The van der Waals surface area contributed by atoms with Crippen molar-refractivity contribution in [2.75, 3.05) is 0 Å². The van der Waals surface area contributed by atoms with Gasteiger partial charge in [-0.1, -0.05) is 58.0 Å². The Hall–Kier alpha value is -1.31. The summed E-state index contributed by atoms with van der Waals surface area (Å²) >= 11 is 0. The van der Waals surface area contributed by atoms with E-state index >= 15 is 0 Å². The molecule has 0 radical (unpaired) electrons. The van der Waals surface area contributed by atoms with Crippen LogP contribution in [0, 0.1) is 22.7 Å². The molecule has 2 nitrogen and oxygen atoms in total. The molecule has 120 valence electrons. The van der Waals surface area contributed by atoms with Gasteiger partial charge in [-0.3, -0.25) is 4.79 Å². The first-order chi connectivity index (χ1) is 10.2. The molecule has 4 unspecified atom stereocenters. The molecule has 1 aromatic rings. The first-order valence-electron chi connectivity index (χ1n) is 8.55. The molecular formula is C20H29NO. The van der Waals surface area contributed by atoms with Crippen molar-refractivity contribution in [1.82, 2.24) is 0 Å². The van der Waals surface area contributed by atoms with Crippen LogP contribution in [-0.2, 0) is 10.2 Å². The van der Waals surface area contributed by atoms with Gasteiger partial charge in [0.15, 0.2) is 0 Å². The van der Waals surface area contributed by atoms with Crippen molar-refractivity contribution in [3.05, 3.63) is 35.9 Å². The topological polar surface area (TPSA) is 43.1 Å². The highest BCUT2D eigenvalue weighted by Gasteiger charge is 2.57. The van der Waals surface area contributed by atoms with Crippen molar-refractivity contribution in [2.24, 2.45) is 28.4 Å². The van der Waals surface area contributed by atoms with Crippen LogP contribution in [0.2, 0.25) is 0 Å². The van der Waals surface area contributed by atoms with Gasteiger partial charge >= 0.3 is 0 Å². The molecular weight excluding hydrogens is 270 g/mol. The summed E-state index contributed by atoms with van der Waals surface area (Å²) < 4.78 is 0. The number of primary amides is 1. The molecule has 0 aliphatic heterocycles. The van der Waals surface area contributed by atoms with E-state index in [1.165, 1.54) is 12.0 Å². The number of fused-ring (bicyclic) bond motifs is 2. The molecule has 22 heavy (non-hydrogen) atoms. The Morgan fingerprint density at radius 2 is 1.73 bits per heavy atom. The second-order valence-corrected chi connectivity index (χ2v) is 8.78. The van der Waals surface area contributed by atoms with Crippen LogP contribution in [0.3, 0.4) is 0 Å². The maximum Gasteiger partial charge on any atom is 0.223 e. The fraction of sp³-hybridized carbons (Fsp3) is 0.650. The third-order valence-electron chi connectivity index (χ3n) is 7.06. The maximum absolute atomic E-state index is 12.2. The lowest BCUT2D eigenvalue weighted by atomic mass is 9.44. The standard InChI is InChI=1S/C20H29NO/c1-14-10-20(15-8-6-5-7-9-15)12-16(18(14,2)3)11-19(4,13-20)17(21)22/h5-9,14,16H,10-13H2,1-4H3,(H2,21,22). The highest BCUT2D eigenvalue weighted by Crippen LogP contribution is 2.63. The highest BCUT2D eigenvalue weighted by molar-refractivity contribution is 5.80. The molecule has 0 spiro atoms. The van der Waals surface area contributed by atoms with E-state index in [0.717, 1.165) is 19.3 Å². The average molecular weight is 299 g/mol. The predicted octanol–water partition coefficient (Wildman–Crippen LogP) is 4.28. The lowest BCUT2D eigenvalue weighted by Gasteiger charge is -2.60. The zero-order chi connectivity index (χ0) is 16.2. The molecule has 0 heterocycles. The van der Waals surface area contributed by atoms with Gasteiger partial charge in [0, 0.05) is 5.41 Å². The average Bonchev–Trinajstić information content (AvgIpc) is 2.46. The molecule has 2 heteroatoms. The summed E-state index contributed by atoms with van der Waals surface area (Å²) in [6, 6.07) is 10.8. The molecule has 0 saturated heterocycles. The molecule has 2 bridgehead atoms. The van der Waals surface area contributed by atoms with Crippen LogP contribution in [0.25, 0.3) is 0 Å². The predicted molar refractivity (Wildman–Crippen MR) is 90.3 cm³/mol. The van der Waals surface area contributed by atoms with Crippen LogP contribution >= 0.6 is 0 Å². The molecule has 2 fully saturated rings. The van der Waals surface area contributed by atoms with Crippen molar-refractivity contribution >= 4 is 5.91 Å². The SMILES string of the molecule is CC1CC2(c3ccccc3)CC(CC(C)(C(N)=O)C2)C1(C)C. The number of rotatable bonds is 2. The van der Waals surface area contributed by atoms with Gasteiger partial charge in [-0.25, -0.2) is 0 Å². The smallest absolute Gasteiger partial charge is 0.223 e. The van der Waals surface area contributed by atoms with Gasteiger partial charge in [0.05, 0.1) is 0 Å². The minimum absolute atomic E-state index is 0.114. The summed E-state index contributed by atoms with van der Waals surface area (Å²) in [4.78, 5) is 12.2. The molecule has 2 saturated carbocycles. The maximum atomic E-state index is 12.2. The van der Waals surface area contributed by atoms with Crippen molar-refractivity contribution in [3.8, 4) is 0 Å². The van der Waals surface area contributed by atoms with Crippen LogP contribution in [0.1, 0.15) is 58.9 Å². The molecule has 2 aliphatic carbocycles. The van der Waals surface area contributed by atoms with Crippen LogP contribution in [0.15, 0.2) is 30.3 Å². The van der Waals surface area contributed by atoms with E-state index in [1.807, 2.05) is 0 Å². The first kappa shape index (κ1) is 15.6. The van der Waals surface area contributed by atoms with E-state index in [2.05, 4.69) is 58.0 Å². The summed E-state index contributed by atoms with van der Waals surface area (Å²) in [7, 11) is 0. The number of hydrogen-bond donors (Lipinski definition) is 1. The second kappa shape index (κ2) is 4.84. The molecule has 4 atom stereocenters. The minimum Gasteiger partial charge on any atom is -0.369 e. The Bertz CT molecular complexity index is 575. The highest BCUT2D eigenvalue weighted by atomic mass is 16.1. The number of nitrogens with two attached hydrogens (primary N) is 1. The van der Waals surface area contributed by atoms with Gasteiger partial charge in [0.1, 0.15) is 0 Å². The van der Waals surface area contributed by atoms with Crippen molar-refractivity contribution in [2.45, 2.75) is 58.8 Å². The third kappa shape index (κ3) is 2.19. The van der Waals surface area contributed by atoms with Crippen molar-refractivity contribution in [3.63, 3.8) is 0 Å². The Labute approximate surface area is 134 Å². The van der Waals surface area contributed by atoms with E-state index in [9.17, 15) is 4.79 Å². The Morgan fingerprint density at radius 1 is 1.09 bits per heavy atom. The van der Waals surface area contributed by atoms with Gasteiger partial charge in [0.2, 0.25) is 5.91 Å². The van der Waals surface area contributed by atoms with E-state index in [0.29, 0.717) is 11.8 Å². The van der Waals surface area contributed by atoms with Gasteiger partial charge in [-0.2, -0.15) is 0 Å². The summed E-state index contributed by atoms with van der Waals surface area (Å²) in [5.74, 6) is 1.09. The van der Waals surface area contributed by atoms with Crippen LogP contribution < -0.4 is 5.73 Å². The van der Waals surface area contributed by atoms with Crippen LogP contribution in [-0.4, -0.2) is 5.91 Å². The van der Waals surface area contributed by atoms with E-state index in [4.69, 9.17) is 5.73 Å². The zero-order valence-electron chi connectivity index (χ0n) is 14.4. The van der Waals surface area contributed by atoms with Crippen LogP contribution in [0.4, 0.5) is 0 Å². The first-order valence-corrected chi connectivity index (χ1v) is 8.55. The third-order valence-corrected chi connectivity index (χ3v) is 7.06. The van der Waals surface area contributed by atoms with Gasteiger partial charge in [-0.15, -0.1) is 0 Å². The summed E-state index contributed by atoms with van der Waals surface area (Å²) in [6.45, 7) is 9.23. The summed E-state index contributed by atoms with van der Waals surface area (Å²) in [6.07, 6.45) is 4.19. The number of amides is 1. The molecule has 3 rings (SSSR count). The molecule has 1 aromatic carbocycles. The monoisotopic (exact) mass is 299 g/mol. The van der Waals surface area contributed by atoms with Crippen LogP contribution in [0.5, 0.6) is 0 Å². The van der Waals surface area contributed by atoms with Crippen molar-refractivity contribution in [1.29, 1.82) is 0 Å². The molecule has 0 aromatic heterocycles. The Balaban J connectivity index is 2.10. The molecule has 2 aliphatic rings. The summed E-state index contributed by atoms with van der Waals surface area (Å²) in [5, 5.41) is 0. The number of benzene rings is 1. The lowest BCUT2D eigenvalue weighted by molar-refractivity contribution is -0.138. The van der Waals surface area contributed by atoms with Gasteiger partial charge in [0.25, 0.3) is 0 Å². The second-order valence-electron chi connectivity index (χ2n) is 8.78. The summed E-state index contributed by atoms with van der Waals surface area (Å²) in [5.41, 5.74) is 7.23. The Kier molecular flexibility index (Phi) is 3.43. The zero-order valence-corrected chi connectivity index (χ0v) is 14.4. The fourth-order valence-corrected chi connectivity index (χ4v) is 5.23. The van der Waals surface area contributed by atoms with E-state index in [1.54, 1.807) is 0 Å². The Morgan fingerprint density at radius 3 is 2.32 bits per heavy atom.